The molecule has 1 aromatic heterocycles. The number of hydrogen-bond acceptors (Lipinski definition) is 4. The van der Waals surface area contributed by atoms with Crippen LogP contribution in [0.2, 0.25) is 0 Å². The van der Waals surface area contributed by atoms with Crippen LogP contribution in [0.3, 0.4) is 0 Å². The summed E-state index contributed by atoms with van der Waals surface area (Å²) in [7, 11) is 0. The van der Waals surface area contributed by atoms with Crippen molar-refractivity contribution in [2.75, 3.05) is 18.4 Å². The second kappa shape index (κ2) is 5.87. The molecule has 0 aliphatic rings. The van der Waals surface area contributed by atoms with Gasteiger partial charge in [0.2, 0.25) is 5.95 Å². The number of nitrogens with one attached hydrogen (secondary N) is 1. The number of nitrogens with zero attached hydrogens (tertiary/aromatic N) is 2. The third-order valence-electron chi connectivity index (χ3n) is 2.51. The molecule has 2 rings (SSSR count). The molecule has 20 heavy (non-hydrogen) atoms. The summed E-state index contributed by atoms with van der Waals surface area (Å²) in [6.45, 7) is 0.579. The van der Waals surface area contributed by atoms with Gasteiger partial charge in [0, 0.05) is 18.7 Å². The lowest BCUT2D eigenvalue weighted by Gasteiger charge is -2.11. The van der Waals surface area contributed by atoms with Gasteiger partial charge in [0.25, 0.3) is 0 Å². The number of nitrogens with two attached hydrogens (primary N) is 1. The van der Waals surface area contributed by atoms with E-state index in [0.717, 1.165) is 6.07 Å². The summed E-state index contributed by atoms with van der Waals surface area (Å²) in [4.78, 5) is 7.54. The van der Waals surface area contributed by atoms with E-state index in [1.54, 1.807) is 30.3 Å². The zero-order chi connectivity index (χ0) is 14.6. The summed E-state index contributed by atoms with van der Waals surface area (Å²) >= 11 is 0. The molecule has 0 unspecified atom stereocenters. The van der Waals surface area contributed by atoms with Crippen LogP contribution in [0.15, 0.2) is 36.4 Å². The Morgan fingerprint density at radius 3 is 2.40 bits per heavy atom. The highest BCUT2D eigenvalue weighted by Gasteiger charge is 2.33. The minimum absolute atomic E-state index is 0.0795. The molecule has 0 aliphatic heterocycles. The molecule has 106 valence electrons. The molecule has 0 saturated carbocycles. The van der Waals surface area contributed by atoms with Gasteiger partial charge < -0.3 is 11.1 Å². The van der Waals surface area contributed by atoms with Crippen molar-refractivity contribution in [1.82, 2.24) is 9.97 Å². The van der Waals surface area contributed by atoms with Gasteiger partial charge in [0.05, 0.1) is 5.69 Å². The predicted octanol–water partition coefficient (Wildman–Crippen LogP) is 2.53. The molecule has 1 aromatic carbocycles. The lowest BCUT2D eigenvalue weighted by molar-refractivity contribution is -0.141. The number of aromatic nitrogens is 2. The van der Waals surface area contributed by atoms with Gasteiger partial charge in [-0.15, -0.1) is 0 Å². The number of hydrogen-bond donors (Lipinski definition) is 2. The minimum Gasteiger partial charge on any atom is -0.353 e. The highest BCUT2D eigenvalue weighted by atomic mass is 19.4. The number of rotatable bonds is 4. The van der Waals surface area contributed by atoms with E-state index in [-0.39, 0.29) is 18.2 Å². The standard InChI is InChI=1S/C13H13F3N4/c14-13(15,16)11-8-10(9-4-2-1-3-5-9)19-12(20-11)18-7-6-17/h1-5,8H,6-7,17H2,(H,18,19,20). The van der Waals surface area contributed by atoms with Crippen molar-refractivity contribution in [3.8, 4) is 11.3 Å². The molecule has 2 aromatic rings. The molecule has 0 saturated heterocycles. The Balaban J connectivity index is 2.46. The summed E-state index contributed by atoms with van der Waals surface area (Å²) in [5.41, 5.74) is 5.14. The van der Waals surface area contributed by atoms with Crippen LogP contribution in [0.5, 0.6) is 0 Å². The Labute approximate surface area is 113 Å². The van der Waals surface area contributed by atoms with Gasteiger partial charge in [-0.1, -0.05) is 30.3 Å². The van der Waals surface area contributed by atoms with Crippen LogP contribution in [0.1, 0.15) is 5.69 Å². The third-order valence-corrected chi connectivity index (χ3v) is 2.51. The van der Waals surface area contributed by atoms with E-state index in [1.807, 2.05) is 0 Å². The van der Waals surface area contributed by atoms with Gasteiger partial charge in [-0.2, -0.15) is 13.2 Å². The normalized spacial score (nSPS) is 11.4. The van der Waals surface area contributed by atoms with Crippen LogP contribution in [0.4, 0.5) is 19.1 Å². The maximum Gasteiger partial charge on any atom is 0.433 e. The Bertz CT molecular complexity index is 570. The van der Waals surface area contributed by atoms with Crippen molar-refractivity contribution < 1.29 is 13.2 Å². The van der Waals surface area contributed by atoms with Crippen LogP contribution in [-0.4, -0.2) is 23.1 Å². The van der Waals surface area contributed by atoms with Gasteiger partial charge in [-0.05, 0) is 6.07 Å². The molecule has 0 bridgehead atoms. The smallest absolute Gasteiger partial charge is 0.353 e. The average molecular weight is 282 g/mol. The molecule has 7 heteroatoms. The van der Waals surface area contributed by atoms with Crippen molar-refractivity contribution in [2.45, 2.75) is 6.18 Å². The lowest BCUT2D eigenvalue weighted by atomic mass is 10.1. The Morgan fingerprint density at radius 2 is 1.80 bits per heavy atom. The van der Waals surface area contributed by atoms with Gasteiger partial charge >= 0.3 is 6.18 Å². The first-order valence-electron chi connectivity index (χ1n) is 5.96. The van der Waals surface area contributed by atoms with Gasteiger partial charge in [-0.3, -0.25) is 0 Å². The van der Waals surface area contributed by atoms with E-state index in [9.17, 15) is 13.2 Å². The SMILES string of the molecule is NCCNc1nc(-c2ccccc2)cc(C(F)(F)F)n1. The third kappa shape index (κ3) is 3.45. The molecule has 1 heterocycles. The van der Waals surface area contributed by atoms with Crippen LogP contribution >= 0.6 is 0 Å². The van der Waals surface area contributed by atoms with E-state index in [2.05, 4.69) is 15.3 Å². The summed E-state index contributed by atoms with van der Waals surface area (Å²) in [6, 6.07) is 9.56. The van der Waals surface area contributed by atoms with E-state index in [4.69, 9.17) is 5.73 Å². The summed E-state index contributed by atoms with van der Waals surface area (Å²) in [6.07, 6.45) is -4.52. The van der Waals surface area contributed by atoms with Crippen molar-refractivity contribution in [1.29, 1.82) is 0 Å². The molecule has 0 spiro atoms. The topological polar surface area (TPSA) is 63.8 Å². The summed E-state index contributed by atoms with van der Waals surface area (Å²) in [5.74, 6) is -0.0795. The Morgan fingerprint density at radius 1 is 1.10 bits per heavy atom. The second-order valence-electron chi connectivity index (χ2n) is 4.04. The summed E-state index contributed by atoms with van der Waals surface area (Å²) in [5, 5.41) is 2.67. The number of anilines is 1. The molecule has 0 radical (unpaired) electrons. The fraction of sp³-hybridized carbons (Fsp3) is 0.231. The highest BCUT2D eigenvalue weighted by Crippen LogP contribution is 2.30. The van der Waals surface area contributed by atoms with E-state index in [1.165, 1.54) is 0 Å². The van der Waals surface area contributed by atoms with Gasteiger partial charge in [0.15, 0.2) is 5.69 Å². The zero-order valence-electron chi connectivity index (χ0n) is 10.5. The quantitative estimate of drug-likeness (QED) is 0.904. The Kier molecular flexibility index (Phi) is 4.19. The largest absolute Gasteiger partial charge is 0.433 e. The fourth-order valence-corrected chi connectivity index (χ4v) is 1.61. The molecule has 4 nitrogen and oxygen atoms in total. The predicted molar refractivity (Wildman–Crippen MR) is 70.0 cm³/mol. The molecular weight excluding hydrogens is 269 g/mol. The number of halogens is 3. The van der Waals surface area contributed by atoms with Crippen molar-refractivity contribution in [3.63, 3.8) is 0 Å². The Hall–Kier alpha value is -2.15. The van der Waals surface area contributed by atoms with Crippen molar-refractivity contribution >= 4 is 5.95 Å². The minimum atomic E-state index is -4.52. The number of benzene rings is 1. The molecule has 0 aliphatic carbocycles. The van der Waals surface area contributed by atoms with E-state index >= 15 is 0 Å². The maximum atomic E-state index is 12.8. The average Bonchev–Trinajstić information content (AvgIpc) is 2.45. The van der Waals surface area contributed by atoms with Gasteiger partial charge in [0.1, 0.15) is 0 Å². The maximum absolute atomic E-state index is 12.8. The molecule has 0 atom stereocenters. The highest BCUT2D eigenvalue weighted by molar-refractivity contribution is 5.60. The first-order chi connectivity index (χ1) is 9.50. The van der Waals surface area contributed by atoms with Crippen LogP contribution in [0.25, 0.3) is 11.3 Å². The first kappa shape index (κ1) is 14.3. The van der Waals surface area contributed by atoms with E-state index in [0.29, 0.717) is 12.1 Å². The molecule has 0 fully saturated rings. The summed E-state index contributed by atoms with van der Waals surface area (Å²) < 4.78 is 38.5. The van der Waals surface area contributed by atoms with Crippen LogP contribution in [-0.2, 0) is 6.18 Å². The van der Waals surface area contributed by atoms with Crippen LogP contribution < -0.4 is 11.1 Å². The van der Waals surface area contributed by atoms with Gasteiger partial charge in [-0.25, -0.2) is 9.97 Å². The monoisotopic (exact) mass is 282 g/mol. The van der Waals surface area contributed by atoms with Crippen molar-refractivity contribution in [3.05, 3.63) is 42.1 Å². The zero-order valence-corrected chi connectivity index (χ0v) is 10.5. The molecule has 0 amide bonds. The second-order valence-corrected chi connectivity index (χ2v) is 4.04. The fourth-order valence-electron chi connectivity index (χ4n) is 1.61. The van der Waals surface area contributed by atoms with E-state index < -0.39 is 11.9 Å². The lowest BCUT2D eigenvalue weighted by Crippen LogP contribution is -2.17. The molecule has 3 N–H and O–H groups in total. The van der Waals surface area contributed by atoms with Crippen LogP contribution in [0, 0.1) is 0 Å². The first-order valence-corrected chi connectivity index (χ1v) is 5.96. The molecular formula is C13H13F3N4. The number of alkyl halides is 3. The van der Waals surface area contributed by atoms with Crippen molar-refractivity contribution in [2.24, 2.45) is 5.73 Å².